The second kappa shape index (κ2) is 7.46. The van der Waals surface area contributed by atoms with Crippen LogP contribution in [0.5, 0.6) is 0 Å². The summed E-state index contributed by atoms with van der Waals surface area (Å²) < 4.78 is 4.85. The minimum Gasteiger partial charge on any atom is -0.478 e. The number of carbonyl (C=O) groups excluding carboxylic acids is 1. The fourth-order valence-corrected chi connectivity index (χ4v) is 2.51. The molecule has 2 rings (SSSR count). The lowest BCUT2D eigenvalue weighted by atomic mass is 9.93. The molecule has 0 atom stereocenters. The standard InChI is InChI=1S/C19H19NO4/c1-20(2)17-10-6-9-13(15(17)11-12-18(21)22)14-7-4-5-8-16(14)19(23)24-3/h4-12H,1-3H3,(H,21,22)/b12-11+. The minimum absolute atomic E-state index is 0.431. The highest BCUT2D eigenvalue weighted by molar-refractivity contribution is 6.00. The van der Waals surface area contributed by atoms with Gasteiger partial charge in [0.1, 0.15) is 0 Å². The molecule has 0 radical (unpaired) electrons. The third-order valence-corrected chi connectivity index (χ3v) is 3.58. The topological polar surface area (TPSA) is 66.8 Å². The summed E-state index contributed by atoms with van der Waals surface area (Å²) in [5.41, 5.74) is 3.46. The number of carboxylic acids is 1. The molecule has 0 aliphatic heterocycles. The molecule has 0 spiro atoms. The molecule has 0 unspecified atom stereocenters. The molecule has 0 aliphatic carbocycles. The molecule has 0 amide bonds. The summed E-state index contributed by atoms with van der Waals surface area (Å²) in [7, 11) is 5.09. The Bertz CT molecular complexity index is 794. The summed E-state index contributed by atoms with van der Waals surface area (Å²) in [5, 5.41) is 8.97. The van der Waals surface area contributed by atoms with E-state index in [0.717, 1.165) is 22.9 Å². The van der Waals surface area contributed by atoms with E-state index in [-0.39, 0.29) is 0 Å². The van der Waals surface area contributed by atoms with Gasteiger partial charge in [-0.3, -0.25) is 0 Å². The Balaban J connectivity index is 2.74. The number of esters is 1. The van der Waals surface area contributed by atoms with E-state index in [1.807, 2.05) is 49.3 Å². The summed E-state index contributed by atoms with van der Waals surface area (Å²) in [6.45, 7) is 0. The lowest BCUT2D eigenvalue weighted by Crippen LogP contribution is -2.11. The van der Waals surface area contributed by atoms with Gasteiger partial charge in [0.25, 0.3) is 0 Å². The summed E-state index contributed by atoms with van der Waals surface area (Å²) >= 11 is 0. The smallest absolute Gasteiger partial charge is 0.338 e. The second-order valence-electron chi connectivity index (χ2n) is 5.34. The molecule has 1 N–H and O–H groups in total. The summed E-state index contributed by atoms with van der Waals surface area (Å²) in [6.07, 6.45) is 2.63. The molecule has 2 aromatic carbocycles. The number of rotatable bonds is 5. The van der Waals surface area contributed by atoms with Gasteiger partial charge in [0.15, 0.2) is 0 Å². The quantitative estimate of drug-likeness (QED) is 0.675. The van der Waals surface area contributed by atoms with Crippen LogP contribution in [0.15, 0.2) is 48.5 Å². The van der Waals surface area contributed by atoms with E-state index < -0.39 is 11.9 Å². The second-order valence-corrected chi connectivity index (χ2v) is 5.34. The highest BCUT2D eigenvalue weighted by atomic mass is 16.5. The largest absolute Gasteiger partial charge is 0.478 e. The van der Waals surface area contributed by atoms with E-state index in [1.54, 1.807) is 18.2 Å². The third-order valence-electron chi connectivity index (χ3n) is 3.58. The first-order valence-corrected chi connectivity index (χ1v) is 7.34. The van der Waals surface area contributed by atoms with Gasteiger partial charge in [-0.2, -0.15) is 0 Å². The van der Waals surface area contributed by atoms with Crippen molar-refractivity contribution in [2.45, 2.75) is 0 Å². The van der Waals surface area contributed by atoms with Crippen LogP contribution in [0.3, 0.4) is 0 Å². The Hall–Kier alpha value is -3.08. The van der Waals surface area contributed by atoms with Gasteiger partial charge in [-0.25, -0.2) is 9.59 Å². The van der Waals surface area contributed by atoms with Crippen LogP contribution in [0.1, 0.15) is 15.9 Å². The van der Waals surface area contributed by atoms with E-state index in [9.17, 15) is 9.59 Å². The zero-order valence-electron chi connectivity index (χ0n) is 13.8. The van der Waals surface area contributed by atoms with Gasteiger partial charge in [-0.05, 0) is 29.3 Å². The molecule has 0 fully saturated rings. The van der Waals surface area contributed by atoms with E-state index in [0.29, 0.717) is 11.1 Å². The van der Waals surface area contributed by atoms with Crippen molar-refractivity contribution in [1.29, 1.82) is 0 Å². The van der Waals surface area contributed by atoms with Gasteiger partial charge >= 0.3 is 11.9 Å². The Morgan fingerprint density at radius 2 is 1.71 bits per heavy atom. The van der Waals surface area contributed by atoms with Crippen molar-refractivity contribution in [3.8, 4) is 11.1 Å². The van der Waals surface area contributed by atoms with Gasteiger partial charge < -0.3 is 14.7 Å². The van der Waals surface area contributed by atoms with Gasteiger partial charge in [0.2, 0.25) is 0 Å². The predicted molar refractivity (Wildman–Crippen MR) is 94.2 cm³/mol. The van der Waals surface area contributed by atoms with Crippen molar-refractivity contribution in [2.24, 2.45) is 0 Å². The van der Waals surface area contributed by atoms with Crippen LogP contribution in [-0.4, -0.2) is 38.3 Å². The van der Waals surface area contributed by atoms with Crippen LogP contribution in [0.4, 0.5) is 5.69 Å². The number of aliphatic carboxylic acids is 1. The maximum absolute atomic E-state index is 12.1. The lowest BCUT2D eigenvalue weighted by Gasteiger charge is -2.19. The summed E-state index contributed by atoms with van der Waals surface area (Å²) in [6, 6.07) is 12.7. The molecule has 5 nitrogen and oxygen atoms in total. The van der Waals surface area contributed by atoms with Crippen molar-refractivity contribution < 1.29 is 19.4 Å². The molecule has 124 valence electrons. The third kappa shape index (κ3) is 3.63. The number of methoxy groups -OCH3 is 1. The highest BCUT2D eigenvalue weighted by Crippen LogP contribution is 2.34. The number of ether oxygens (including phenoxy) is 1. The SMILES string of the molecule is COC(=O)c1ccccc1-c1cccc(N(C)C)c1/C=C/C(=O)O. The Labute approximate surface area is 140 Å². The minimum atomic E-state index is -1.03. The number of carbonyl (C=O) groups is 2. The number of anilines is 1. The summed E-state index contributed by atoms with van der Waals surface area (Å²) in [5.74, 6) is -1.47. The molecule has 5 heteroatoms. The number of nitrogens with zero attached hydrogens (tertiary/aromatic N) is 1. The van der Waals surface area contributed by atoms with Crippen molar-refractivity contribution in [1.82, 2.24) is 0 Å². The van der Waals surface area contributed by atoms with Gasteiger partial charge in [-0.15, -0.1) is 0 Å². The molecule has 0 aromatic heterocycles. The molecule has 0 saturated carbocycles. The molecule has 0 aliphatic rings. The van der Waals surface area contributed by atoms with E-state index >= 15 is 0 Å². The molecule has 0 heterocycles. The van der Waals surface area contributed by atoms with E-state index in [2.05, 4.69) is 0 Å². The first-order chi connectivity index (χ1) is 11.5. The maximum atomic E-state index is 12.1. The van der Waals surface area contributed by atoms with Crippen LogP contribution in [-0.2, 0) is 9.53 Å². The van der Waals surface area contributed by atoms with Crippen molar-refractivity contribution in [3.63, 3.8) is 0 Å². The average molecular weight is 325 g/mol. The summed E-state index contributed by atoms with van der Waals surface area (Å²) in [4.78, 5) is 24.9. The normalized spacial score (nSPS) is 10.6. The van der Waals surface area contributed by atoms with Crippen LogP contribution in [0.2, 0.25) is 0 Å². The Morgan fingerprint density at radius 3 is 2.33 bits per heavy atom. The molecular formula is C19H19NO4. The van der Waals surface area contributed by atoms with Crippen molar-refractivity contribution in [3.05, 3.63) is 59.7 Å². The molecule has 24 heavy (non-hydrogen) atoms. The van der Waals surface area contributed by atoms with E-state index in [1.165, 1.54) is 7.11 Å². The van der Waals surface area contributed by atoms with Crippen molar-refractivity contribution in [2.75, 3.05) is 26.1 Å². The van der Waals surface area contributed by atoms with Crippen LogP contribution in [0, 0.1) is 0 Å². The van der Waals surface area contributed by atoms with Crippen LogP contribution >= 0.6 is 0 Å². The number of carboxylic acid groups (broad SMARTS) is 1. The molecule has 2 aromatic rings. The Morgan fingerprint density at radius 1 is 1.04 bits per heavy atom. The van der Waals surface area contributed by atoms with Gasteiger partial charge in [0.05, 0.1) is 12.7 Å². The zero-order valence-corrected chi connectivity index (χ0v) is 13.8. The van der Waals surface area contributed by atoms with Gasteiger partial charge in [-0.1, -0.05) is 30.3 Å². The van der Waals surface area contributed by atoms with Crippen LogP contribution in [0.25, 0.3) is 17.2 Å². The maximum Gasteiger partial charge on any atom is 0.338 e. The highest BCUT2D eigenvalue weighted by Gasteiger charge is 2.16. The van der Waals surface area contributed by atoms with Crippen molar-refractivity contribution >= 4 is 23.7 Å². The monoisotopic (exact) mass is 325 g/mol. The number of hydrogen-bond acceptors (Lipinski definition) is 4. The predicted octanol–water partition coefficient (Wildman–Crippen LogP) is 3.30. The number of hydrogen-bond donors (Lipinski definition) is 1. The lowest BCUT2D eigenvalue weighted by molar-refractivity contribution is -0.131. The fraction of sp³-hybridized carbons (Fsp3) is 0.158. The fourth-order valence-electron chi connectivity index (χ4n) is 2.51. The Kier molecular flexibility index (Phi) is 5.37. The average Bonchev–Trinajstić information content (AvgIpc) is 2.58. The first-order valence-electron chi connectivity index (χ1n) is 7.34. The van der Waals surface area contributed by atoms with E-state index in [4.69, 9.17) is 9.84 Å². The van der Waals surface area contributed by atoms with Gasteiger partial charge in [0, 0.05) is 31.4 Å². The van der Waals surface area contributed by atoms with Crippen LogP contribution < -0.4 is 4.90 Å². The number of benzene rings is 2. The molecule has 0 bridgehead atoms. The molecule has 0 saturated heterocycles. The molecular weight excluding hydrogens is 306 g/mol. The first kappa shape index (κ1) is 17.3. The zero-order chi connectivity index (χ0) is 17.7.